The third-order valence-corrected chi connectivity index (χ3v) is 8.56. The highest BCUT2D eigenvalue weighted by molar-refractivity contribution is 7.92. The zero-order chi connectivity index (χ0) is 28.6. The van der Waals surface area contributed by atoms with Crippen molar-refractivity contribution in [2.75, 3.05) is 17.4 Å². The number of carbonyl (C=O) groups excluding carboxylic acids is 2. The Labute approximate surface area is 236 Å². The summed E-state index contributed by atoms with van der Waals surface area (Å²) in [6.07, 6.45) is 1.75. The van der Waals surface area contributed by atoms with Crippen molar-refractivity contribution in [2.24, 2.45) is 0 Å². The number of hydrogen-bond donors (Lipinski definition) is 1. The minimum Gasteiger partial charge on any atom is -0.354 e. The average molecular weight is 570 g/mol. The molecule has 1 N–H and O–H groups in total. The molecule has 0 radical (unpaired) electrons. The fourth-order valence-electron chi connectivity index (χ4n) is 4.10. The van der Waals surface area contributed by atoms with E-state index in [-0.39, 0.29) is 17.3 Å². The zero-order valence-electron chi connectivity index (χ0n) is 22.9. The summed E-state index contributed by atoms with van der Waals surface area (Å²) >= 11 is 6.00. The molecule has 0 fully saturated rings. The first kappa shape index (κ1) is 30.2. The molecule has 0 bridgehead atoms. The maximum atomic E-state index is 13.9. The highest BCUT2D eigenvalue weighted by Gasteiger charge is 2.33. The lowest BCUT2D eigenvalue weighted by Crippen LogP contribution is -2.51. The van der Waals surface area contributed by atoms with Crippen LogP contribution in [0.4, 0.5) is 5.69 Å². The third-order valence-electron chi connectivity index (χ3n) is 6.54. The molecule has 2 amide bonds. The van der Waals surface area contributed by atoms with Gasteiger partial charge in [0, 0.05) is 18.1 Å². The molecule has 3 aromatic rings. The number of rotatable bonds is 12. The van der Waals surface area contributed by atoms with Crippen LogP contribution in [0.5, 0.6) is 0 Å². The molecule has 0 saturated carbocycles. The number of aryl methyl sites for hydroxylation is 2. The zero-order valence-corrected chi connectivity index (χ0v) is 24.4. The van der Waals surface area contributed by atoms with Crippen LogP contribution in [0.2, 0.25) is 5.02 Å². The number of hydrogen-bond acceptors (Lipinski definition) is 4. The van der Waals surface area contributed by atoms with Crippen LogP contribution in [-0.2, 0) is 26.2 Å². The van der Waals surface area contributed by atoms with E-state index < -0.39 is 28.5 Å². The number of amides is 2. The van der Waals surface area contributed by atoms with E-state index in [9.17, 15) is 18.0 Å². The van der Waals surface area contributed by atoms with Crippen molar-refractivity contribution in [3.63, 3.8) is 0 Å². The van der Waals surface area contributed by atoms with Gasteiger partial charge in [0.1, 0.15) is 12.6 Å². The van der Waals surface area contributed by atoms with Gasteiger partial charge in [-0.3, -0.25) is 13.9 Å². The van der Waals surface area contributed by atoms with Crippen LogP contribution in [0.15, 0.2) is 77.7 Å². The van der Waals surface area contributed by atoms with Gasteiger partial charge in [-0.05, 0) is 68.7 Å². The van der Waals surface area contributed by atoms with Crippen LogP contribution in [0.25, 0.3) is 0 Å². The molecule has 0 unspecified atom stereocenters. The third kappa shape index (κ3) is 7.83. The van der Waals surface area contributed by atoms with Gasteiger partial charge >= 0.3 is 0 Å². The molecular weight excluding hydrogens is 534 g/mol. The topological polar surface area (TPSA) is 86.8 Å². The molecule has 0 aliphatic heterocycles. The predicted octanol–water partition coefficient (Wildman–Crippen LogP) is 5.49. The fourth-order valence-corrected chi connectivity index (χ4v) is 5.70. The van der Waals surface area contributed by atoms with E-state index in [2.05, 4.69) is 5.32 Å². The van der Waals surface area contributed by atoms with Gasteiger partial charge in [-0.2, -0.15) is 0 Å². The minimum atomic E-state index is -4.14. The summed E-state index contributed by atoms with van der Waals surface area (Å²) in [6, 6.07) is 19.7. The number of para-hydroxylation sites is 1. The standard InChI is InChI=1S/C30H36ClN3O4S/c1-5-6-19-32-30(36)24(4)33(20-25-13-11-22(2)12-14-25)29(35)21-34(28-10-8-7-9-23(28)3)39(37,38)27-17-15-26(31)16-18-27/h7-18,24H,5-6,19-21H2,1-4H3,(H,32,36)/t24-/m0/s1. The summed E-state index contributed by atoms with van der Waals surface area (Å²) < 4.78 is 28.8. The van der Waals surface area contributed by atoms with Gasteiger partial charge in [0.05, 0.1) is 10.6 Å². The van der Waals surface area contributed by atoms with Crippen LogP contribution in [-0.4, -0.2) is 44.3 Å². The van der Waals surface area contributed by atoms with Gasteiger partial charge in [-0.15, -0.1) is 0 Å². The molecule has 0 heterocycles. The number of unbranched alkanes of at least 4 members (excludes halogenated alkanes) is 1. The van der Waals surface area contributed by atoms with Gasteiger partial charge in [-0.25, -0.2) is 8.42 Å². The first-order chi connectivity index (χ1) is 18.5. The van der Waals surface area contributed by atoms with Crippen molar-refractivity contribution in [3.8, 4) is 0 Å². The van der Waals surface area contributed by atoms with Crippen LogP contribution >= 0.6 is 11.6 Å². The molecule has 0 aliphatic rings. The minimum absolute atomic E-state index is 0.0124. The number of benzene rings is 3. The van der Waals surface area contributed by atoms with Crippen LogP contribution in [0.1, 0.15) is 43.4 Å². The molecule has 3 rings (SSSR count). The van der Waals surface area contributed by atoms with E-state index in [1.165, 1.54) is 29.2 Å². The lowest BCUT2D eigenvalue weighted by Gasteiger charge is -2.32. The second kappa shape index (κ2) is 13.6. The number of sulfonamides is 1. The Kier molecular flexibility index (Phi) is 10.5. The Morgan fingerprint density at radius 2 is 1.59 bits per heavy atom. The van der Waals surface area contributed by atoms with E-state index in [1.54, 1.807) is 38.1 Å². The number of nitrogens with one attached hydrogen (secondary N) is 1. The predicted molar refractivity (Wildman–Crippen MR) is 156 cm³/mol. The SMILES string of the molecule is CCCCNC(=O)[C@H](C)N(Cc1ccc(C)cc1)C(=O)CN(c1ccccc1C)S(=O)(=O)c1ccc(Cl)cc1. The first-order valence-corrected chi connectivity index (χ1v) is 14.8. The van der Waals surface area contributed by atoms with Crippen molar-refractivity contribution in [1.82, 2.24) is 10.2 Å². The molecule has 208 valence electrons. The second-order valence-corrected chi connectivity index (χ2v) is 11.9. The van der Waals surface area contributed by atoms with E-state index >= 15 is 0 Å². The Hall–Kier alpha value is -3.36. The number of nitrogens with zero attached hydrogens (tertiary/aromatic N) is 2. The van der Waals surface area contributed by atoms with Crippen molar-refractivity contribution in [2.45, 2.75) is 58.0 Å². The maximum absolute atomic E-state index is 13.9. The first-order valence-electron chi connectivity index (χ1n) is 13.0. The quantitative estimate of drug-likeness (QED) is 0.292. The van der Waals surface area contributed by atoms with E-state index in [1.807, 2.05) is 38.1 Å². The Bertz CT molecular complexity index is 1380. The van der Waals surface area contributed by atoms with E-state index in [4.69, 9.17) is 11.6 Å². The van der Waals surface area contributed by atoms with Crippen LogP contribution in [0, 0.1) is 13.8 Å². The summed E-state index contributed by atoms with van der Waals surface area (Å²) in [7, 11) is -4.14. The van der Waals surface area contributed by atoms with Crippen molar-refractivity contribution in [3.05, 3.63) is 94.5 Å². The highest BCUT2D eigenvalue weighted by Crippen LogP contribution is 2.28. The summed E-state index contributed by atoms with van der Waals surface area (Å²) in [4.78, 5) is 28.4. The number of carbonyl (C=O) groups is 2. The Morgan fingerprint density at radius 1 is 0.949 bits per heavy atom. The monoisotopic (exact) mass is 569 g/mol. The molecule has 0 aliphatic carbocycles. The van der Waals surface area contributed by atoms with Gasteiger partial charge in [0.2, 0.25) is 11.8 Å². The largest absolute Gasteiger partial charge is 0.354 e. The number of anilines is 1. The smallest absolute Gasteiger partial charge is 0.264 e. The van der Waals surface area contributed by atoms with Crippen molar-refractivity contribution >= 4 is 39.1 Å². The summed E-state index contributed by atoms with van der Waals surface area (Å²) in [5.74, 6) is -0.776. The molecule has 7 nitrogen and oxygen atoms in total. The summed E-state index contributed by atoms with van der Waals surface area (Å²) in [6.45, 7) is 7.64. The van der Waals surface area contributed by atoms with E-state index in [0.717, 1.165) is 28.3 Å². The molecular formula is C30H36ClN3O4S. The van der Waals surface area contributed by atoms with Crippen molar-refractivity contribution < 1.29 is 18.0 Å². The molecule has 3 aromatic carbocycles. The molecule has 0 saturated heterocycles. The van der Waals surface area contributed by atoms with Gasteiger partial charge in [0.25, 0.3) is 10.0 Å². The highest BCUT2D eigenvalue weighted by atomic mass is 35.5. The number of halogens is 1. The lowest BCUT2D eigenvalue weighted by molar-refractivity contribution is -0.139. The van der Waals surface area contributed by atoms with E-state index in [0.29, 0.717) is 22.8 Å². The maximum Gasteiger partial charge on any atom is 0.264 e. The van der Waals surface area contributed by atoms with Gasteiger partial charge < -0.3 is 10.2 Å². The summed E-state index contributed by atoms with van der Waals surface area (Å²) in [5.41, 5.74) is 2.99. The Balaban J connectivity index is 2.00. The molecule has 0 spiro atoms. The second-order valence-electron chi connectivity index (χ2n) is 9.58. The summed E-state index contributed by atoms with van der Waals surface area (Å²) in [5, 5.41) is 3.29. The van der Waals surface area contributed by atoms with Crippen LogP contribution in [0.3, 0.4) is 0 Å². The normalized spacial score (nSPS) is 12.0. The van der Waals surface area contributed by atoms with Crippen LogP contribution < -0.4 is 9.62 Å². The van der Waals surface area contributed by atoms with Gasteiger partial charge in [0.15, 0.2) is 0 Å². The fraction of sp³-hybridized carbons (Fsp3) is 0.333. The van der Waals surface area contributed by atoms with Gasteiger partial charge in [-0.1, -0.05) is 73.0 Å². The molecule has 0 aromatic heterocycles. The van der Waals surface area contributed by atoms with Crippen molar-refractivity contribution in [1.29, 1.82) is 0 Å². The molecule has 1 atom stereocenters. The Morgan fingerprint density at radius 3 is 2.21 bits per heavy atom. The molecule has 39 heavy (non-hydrogen) atoms. The average Bonchev–Trinajstić information content (AvgIpc) is 2.91. The molecule has 9 heteroatoms. The lowest BCUT2D eigenvalue weighted by atomic mass is 10.1.